The average Bonchev–Trinajstić information content (AvgIpc) is 3.80. The molecular weight excluding hydrogens is 595 g/mol. The van der Waals surface area contributed by atoms with E-state index in [0.717, 1.165) is 50.2 Å². The van der Waals surface area contributed by atoms with Gasteiger partial charge in [-0.15, -0.1) is 11.3 Å². The topological polar surface area (TPSA) is 42.5 Å². The van der Waals surface area contributed by atoms with E-state index in [4.69, 9.17) is 9.41 Å². The van der Waals surface area contributed by atoms with Gasteiger partial charge in [-0.05, 0) is 51.9 Å². The Balaban J connectivity index is 1.24. The maximum atomic E-state index is 6.61. The molecule has 47 heavy (non-hydrogen) atoms. The molecule has 11 rings (SSSR count). The lowest BCUT2D eigenvalue weighted by atomic mass is 9.99. The van der Waals surface area contributed by atoms with Gasteiger partial charge in [0.1, 0.15) is 11.2 Å². The molecule has 0 aliphatic carbocycles. The lowest BCUT2D eigenvalue weighted by molar-refractivity contribution is 0.649. The Morgan fingerprint density at radius 2 is 1.32 bits per heavy atom. The summed E-state index contributed by atoms with van der Waals surface area (Å²) in [6, 6.07) is 49.7. The monoisotopic (exact) mass is 619 g/mol. The third kappa shape index (κ3) is 3.49. The van der Waals surface area contributed by atoms with Crippen molar-refractivity contribution in [1.29, 1.82) is 0 Å². The molecule has 1 aliphatic rings. The molecule has 5 heteroatoms. The van der Waals surface area contributed by atoms with E-state index < -0.39 is 0 Å². The van der Waals surface area contributed by atoms with E-state index in [9.17, 15) is 0 Å². The number of furan rings is 1. The number of nitrogens with zero attached hydrogens (tertiary/aromatic N) is 2. The number of benzene rings is 7. The summed E-state index contributed by atoms with van der Waals surface area (Å²) in [5, 5.41) is 14.8. The van der Waals surface area contributed by atoms with Gasteiger partial charge >= 0.3 is 0 Å². The first-order chi connectivity index (χ1) is 23.3. The molecule has 0 saturated carbocycles. The van der Waals surface area contributed by atoms with E-state index in [1.807, 2.05) is 17.4 Å². The van der Waals surface area contributed by atoms with Gasteiger partial charge in [0.15, 0.2) is 0 Å². The standard InChI is InChI=1S/C42H25N3OS/c1-2-12-26-23-34-32(22-25(26)11-1)37-27-13-4-3-10-24(27)20-21-33(37)45(34)42-43-38-30-15-6-8-19-36(30)47-41(38)39(44-42)31-17-9-16-29-28-14-5-7-18-35(28)46-40(29)31/h1-23,39H,(H,43,44). The predicted octanol–water partition coefficient (Wildman–Crippen LogP) is 11.4. The Morgan fingerprint density at radius 1 is 0.596 bits per heavy atom. The van der Waals surface area contributed by atoms with Crippen molar-refractivity contribution in [3.05, 3.63) is 150 Å². The second-order valence-corrected chi connectivity index (χ2v) is 13.5. The third-order valence-corrected chi connectivity index (χ3v) is 11.1. The molecule has 4 heterocycles. The zero-order valence-corrected chi connectivity index (χ0v) is 25.9. The van der Waals surface area contributed by atoms with E-state index in [1.54, 1.807) is 0 Å². The van der Waals surface area contributed by atoms with Crippen molar-refractivity contribution in [3.8, 4) is 0 Å². The minimum absolute atomic E-state index is 0.160. The molecule has 0 bridgehead atoms. The number of nitrogens with one attached hydrogen (secondary N) is 1. The van der Waals surface area contributed by atoms with Crippen LogP contribution in [0.2, 0.25) is 0 Å². The smallest absolute Gasteiger partial charge is 0.209 e. The summed E-state index contributed by atoms with van der Waals surface area (Å²) in [5.74, 6) is 0.810. The number of thiophene rings is 1. The minimum atomic E-state index is -0.160. The van der Waals surface area contributed by atoms with E-state index in [-0.39, 0.29) is 6.04 Å². The number of hydrogen-bond acceptors (Lipinski definition) is 4. The Hall–Kier alpha value is -5.91. The summed E-state index contributed by atoms with van der Waals surface area (Å²) < 4.78 is 10.2. The number of aliphatic imine (C=N–C) groups is 1. The maximum Gasteiger partial charge on any atom is 0.209 e. The van der Waals surface area contributed by atoms with Crippen molar-refractivity contribution in [2.24, 2.45) is 4.99 Å². The van der Waals surface area contributed by atoms with Gasteiger partial charge < -0.3 is 9.73 Å². The van der Waals surface area contributed by atoms with Crippen molar-refractivity contribution in [3.63, 3.8) is 0 Å². The number of hydrogen-bond donors (Lipinski definition) is 1. The molecule has 7 aromatic carbocycles. The first kappa shape index (κ1) is 25.3. The number of fused-ring (bicyclic) bond motifs is 12. The van der Waals surface area contributed by atoms with Crippen molar-refractivity contribution >= 4 is 98.4 Å². The molecule has 0 amide bonds. The van der Waals surface area contributed by atoms with Crippen LogP contribution in [0.25, 0.3) is 75.4 Å². The second-order valence-electron chi connectivity index (χ2n) is 12.4. The fraction of sp³-hybridized carbons (Fsp3) is 0.0238. The minimum Gasteiger partial charge on any atom is -0.456 e. The number of rotatable bonds is 1. The van der Waals surface area contributed by atoms with E-state index in [0.29, 0.717) is 0 Å². The summed E-state index contributed by atoms with van der Waals surface area (Å²) in [6.07, 6.45) is 0. The van der Waals surface area contributed by atoms with Crippen LogP contribution >= 0.6 is 11.3 Å². The molecule has 1 aliphatic heterocycles. The summed E-state index contributed by atoms with van der Waals surface area (Å²) in [5.41, 5.74) is 6.20. The fourth-order valence-corrected chi connectivity index (χ4v) is 8.94. The van der Waals surface area contributed by atoms with Gasteiger partial charge in [0.2, 0.25) is 5.96 Å². The van der Waals surface area contributed by atoms with Crippen molar-refractivity contribution in [2.45, 2.75) is 6.04 Å². The van der Waals surface area contributed by atoms with E-state index in [2.05, 4.69) is 143 Å². The molecule has 1 unspecified atom stereocenters. The number of para-hydroxylation sites is 2. The zero-order chi connectivity index (χ0) is 30.6. The summed E-state index contributed by atoms with van der Waals surface area (Å²) >= 11 is 1.81. The zero-order valence-electron chi connectivity index (χ0n) is 25.1. The van der Waals surface area contributed by atoms with Crippen LogP contribution in [-0.4, -0.2) is 10.5 Å². The summed E-state index contributed by atoms with van der Waals surface area (Å²) in [6.45, 7) is 0. The van der Waals surface area contributed by atoms with Crippen LogP contribution in [-0.2, 0) is 0 Å². The lowest BCUT2D eigenvalue weighted by Crippen LogP contribution is -2.36. The SMILES string of the molecule is c1ccc2cc3c(cc2c1)c1c2ccccc2ccc1n3C1=Nc2c(sc3ccccc23)C(c2cccc3c2oc2ccccc23)N1. The Morgan fingerprint density at radius 3 is 2.21 bits per heavy atom. The highest BCUT2D eigenvalue weighted by atomic mass is 32.1. The van der Waals surface area contributed by atoms with Gasteiger partial charge in [0, 0.05) is 37.2 Å². The molecule has 3 aromatic heterocycles. The molecule has 10 aromatic rings. The van der Waals surface area contributed by atoms with Crippen LogP contribution in [0.3, 0.4) is 0 Å². The number of aromatic nitrogens is 1. The van der Waals surface area contributed by atoms with Crippen LogP contribution in [0.1, 0.15) is 16.5 Å². The Kier molecular flexibility index (Phi) is 5.02. The van der Waals surface area contributed by atoms with Gasteiger partial charge in [-0.25, -0.2) is 4.99 Å². The average molecular weight is 620 g/mol. The van der Waals surface area contributed by atoms with Crippen LogP contribution in [0.5, 0.6) is 0 Å². The lowest BCUT2D eigenvalue weighted by Gasteiger charge is -2.26. The normalized spacial score (nSPS) is 14.9. The highest BCUT2D eigenvalue weighted by molar-refractivity contribution is 7.19. The second kappa shape index (κ2) is 9.32. The van der Waals surface area contributed by atoms with E-state index in [1.165, 1.54) is 47.3 Å². The third-order valence-electron chi connectivity index (χ3n) is 9.83. The summed E-state index contributed by atoms with van der Waals surface area (Å²) in [7, 11) is 0. The first-order valence-electron chi connectivity index (χ1n) is 15.9. The predicted molar refractivity (Wildman–Crippen MR) is 197 cm³/mol. The first-order valence-corrected chi connectivity index (χ1v) is 16.7. The van der Waals surface area contributed by atoms with Crippen molar-refractivity contribution in [1.82, 2.24) is 9.88 Å². The van der Waals surface area contributed by atoms with Gasteiger partial charge in [-0.2, -0.15) is 0 Å². The Labute approximate surface area is 272 Å². The summed E-state index contributed by atoms with van der Waals surface area (Å²) in [4.78, 5) is 6.68. The quantitative estimate of drug-likeness (QED) is 0.199. The molecule has 0 radical (unpaired) electrons. The van der Waals surface area contributed by atoms with Gasteiger partial charge in [0.25, 0.3) is 0 Å². The molecule has 0 saturated heterocycles. The van der Waals surface area contributed by atoms with Crippen LogP contribution in [0, 0.1) is 0 Å². The van der Waals surface area contributed by atoms with Gasteiger partial charge in [0.05, 0.1) is 27.6 Å². The van der Waals surface area contributed by atoms with Crippen LogP contribution in [0.4, 0.5) is 5.69 Å². The van der Waals surface area contributed by atoms with Gasteiger partial charge in [-0.3, -0.25) is 4.57 Å². The van der Waals surface area contributed by atoms with Gasteiger partial charge in [-0.1, -0.05) is 109 Å². The van der Waals surface area contributed by atoms with Crippen LogP contribution in [0.15, 0.2) is 149 Å². The molecule has 220 valence electrons. The molecule has 4 nitrogen and oxygen atoms in total. The van der Waals surface area contributed by atoms with E-state index >= 15 is 0 Å². The highest BCUT2D eigenvalue weighted by Crippen LogP contribution is 2.48. The Bertz CT molecular complexity index is 2960. The molecule has 1 N–H and O–H groups in total. The molecular formula is C42H25N3OS. The fourth-order valence-electron chi connectivity index (χ4n) is 7.73. The molecule has 0 spiro atoms. The molecule has 1 atom stereocenters. The van der Waals surface area contributed by atoms with Crippen molar-refractivity contribution < 1.29 is 4.42 Å². The largest absolute Gasteiger partial charge is 0.456 e. The maximum absolute atomic E-state index is 6.61. The highest BCUT2D eigenvalue weighted by Gasteiger charge is 2.32. The molecule has 0 fully saturated rings. The van der Waals surface area contributed by atoms with Crippen molar-refractivity contribution in [2.75, 3.05) is 0 Å². The van der Waals surface area contributed by atoms with Crippen LogP contribution < -0.4 is 5.32 Å².